The summed E-state index contributed by atoms with van der Waals surface area (Å²) >= 11 is 0. The Kier molecular flexibility index (Phi) is 46.7. The average molecular weight is 2050 g/mol. The van der Waals surface area contributed by atoms with Gasteiger partial charge in [-0.3, -0.25) is 0 Å². The van der Waals surface area contributed by atoms with E-state index >= 15 is 0 Å². The molecule has 0 radical (unpaired) electrons. The first kappa shape index (κ1) is 119. The second kappa shape index (κ2) is 54.5. The Bertz CT molecular complexity index is 5300. The second-order valence-corrected chi connectivity index (χ2v) is 29.0. The molecule has 6 nitrogen and oxygen atoms in total. The van der Waals surface area contributed by atoms with E-state index in [-0.39, 0.29) is 17.1 Å². The lowest BCUT2D eigenvalue weighted by molar-refractivity contribution is 0.278. The molecule has 0 aliphatic heterocycles. The fourth-order valence-electron chi connectivity index (χ4n) is 12.2. The summed E-state index contributed by atoms with van der Waals surface area (Å²) in [6.07, 6.45) is 12.0. The van der Waals surface area contributed by atoms with Gasteiger partial charge in [0.25, 0.3) is 0 Å². The molecular weight excluding hydrogens is 1970 g/mol. The van der Waals surface area contributed by atoms with Gasteiger partial charge in [0, 0.05) is 60.1 Å². The van der Waals surface area contributed by atoms with E-state index in [0.29, 0.717) is 43.9 Å². The fourth-order valence-corrected chi connectivity index (χ4v) is 12.2. The summed E-state index contributed by atoms with van der Waals surface area (Å²) in [6, 6.07) is 11.4. The van der Waals surface area contributed by atoms with Crippen molar-refractivity contribution in [1.82, 2.24) is 0 Å². The van der Waals surface area contributed by atoms with Crippen molar-refractivity contribution in [3.8, 4) is 44.5 Å². The van der Waals surface area contributed by atoms with Crippen LogP contribution >= 0.6 is 0 Å². The smallest absolute Gasteiger partial charge is 0.402 e. The van der Waals surface area contributed by atoms with Crippen LogP contribution in [-0.2, 0) is 0 Å². The summed E-state index contributed by atoms with van der Waals surface area (Å²) < 4.78 is 540. The molecule has 0 fully saturated rings. The van der Waals surface area contributed by atoms with Gasteiger partial charge in [-0.05, 0) is 130 Å². The Morgan fingerprint density at radius 1 is 0.201 bits per heavy atom. The van der Waals surface area contributed by atoms with Crippen molar-refractivity contribution in [2.45, 2.75) is 126 Å². The van der Waals surface area contributed by atoms with E-state index in [2.05, 4.69) is 20.8 Å². The molecule has 0 unspecified atom stereocenters. The Labute approximate surface area is 764 Å². The quantitative estimate of drug-likeness (QED) is 0.0132. The molecule has 0 amide bonds. The molecule has 0 aromatic heterocycles. The zero-order valence-electron chi connectivity index (χ0n) is 72.5. The van der Waals surface area contributed by atoms with Crippen molar-refractivity contribution in [1.29, 1.82) is 0 Å². The molecule has 3 N–H and O–H groups in total. The fraction of sp³-hybridized carbons (Fsp3) is 0.275. The van der Waals surface area contributed by atoms with Crippen LogP contribution < -0.4 is 14.7 Å². The summed E-state index contributed by atoms with van der Waals surface area (Å²) in [6.45, 7) is 9.13. The monoisotopic (exact) mass is 2050 g/mol. The van der Waals surface area contributed by atoms with Crippen LogP contribution in [0, 0.1) is 249 Å². The van der Waals surface area contributed by atoms with Gasteiger partial charge >= 0.3 is 7.32 Å². The minimum Gasteiger partial charge on any atom is -0.402 e. The van der Waals surface area contributed by atoms with Gasteiger partial charge in [-0.15, -0.1) is 0 Å². The molecular formula is C91H73BF41N3O3. The highest BCUT2D eigenvalue weighted by Gasteiger charge is 2.36. The van der Waals surface area contributed by atoms with Gasteiger partial charge in [-0.25, -0.2) is 180 Å². The van der Waals surface area contributed by atoms with E-state index in [4.69, 9.17) is 15.1 Å². The molecule has 11 aromatic carbocycles. The number of nitrogens with zero attached hydrogens (tertiary/aromatic N) is 3. The summed E-state index contributed by atoms with van der Waals surface area (Å²) in [4.78, 5) is 3.89. The van der Waals surface area contributed by atoms with Crippen LogP contribution in [0.15, 0.2) is 78.9 Å². The molecule has 11 rings (SSSR count). The first-order chi connectivity index (χ1) is 65.0. The van der Waals surface area contributed by atoms with Crippen molar-refractivity contribution >= 4 is 24.4 Å². The van der Waals surface area contributed by atoms with Gasteiger partial charge in [0.15, 0.2) is 183 Å². The lowest BCUT2D eigenvalue weighted by Crippen LogP contribution is -2.24. The molecule has 0 aliphatic carbocycles. The van der Waals surface area contributed by atoms with Gasteiger partial charge in [0.1, 0.15) is 34.9 Å². The highest BCUT2D eigenvalue weighted by molar-refractivity contribution is 6.30. The van der Waals surface area contributed by atoms with Crippen LogP contribution in [0.3, 0.4) is 0 Å². The maximum absolute atomic E-state index is 13.6. The summed E-state index contributed by atoms with van der Waals surface area (Å²) in [5.41, 5.74) is -13.6. The number of alkyl halides is 3. The third-order valence-corrected chi connectivity index (χ3v) is 19.3. The molecule has 0 spiro atoms. The Hall–Kier alpha value is -12.1. The van der Waals surface area contributed by atoms with Crippen LogP contribution in [0.1, 0.15) is 120 Å². The molecule has 48 heteroatoms. The molecule has 0 saturated carbocycles. The average Bonchev–Trinajstić information content (AvgIpc) is 0.772. The number of anilines is 3. The predicted octanol–water partition coefficient (Wildman–Crippen LogP) is 29.9. The van der Waals surface area contributed by atoms with Gasteiger partial charge in [0.2, 0.25) is 23.3 Å². The van der Waals surface area contributed by atoms with Gasteiger partial charge in [0.05, 0.1) is 39.3 Å². The summed E-state index contributed by atoms with van der Waals surface area (Å²) in [7, 11) is -2.17. The molecule has 139 heavy (non-hydrogen) atoms. The molecule has 0 saturated heterocycles. The van der Waals surface area contributed by atoms with Crippen molar-refractivity contribution in [3.63, 3.8) is 0 Å². The maximum Gasteiger partial charge on any atom is 0.631 e. The Morgan fingerprint density at radius 3 is 0.496 bits per heavy atom. The van der Waals surface area contributed by atoms with E-state index in [1.54, 1.807) is 0 Å². The van der Waals surface area contributed by atoms with E-state index in [1.165, 1.54) is 32.9 Å². The highest BCUT2D eigenvalue weighted by atomic mass is 19.2. The SMILES string of the molecule is CCCCCCN(CF)c1ccc(F)cc1F.CCCCCCN(CF)c1ccc(F)cc1F.CCCCCCN(CF)c1ccc(F)cc1F.Cc1cc(-c2c(F)c(F)c(F)c(F)c2F)c(F)c(F)c1F.Cc1cc(-c2c(F)c(F)c(F)c(F)c2F)c(F)c(F)c1F.Cc1cc(-c2c(F)c(F)c(F)c(F)c2F)c(F)c(F)c1F.Cc1cc(-c2c(F)c(F)c(F)c(F)c2F)c(F)c(F)c1F.OB(O)O. The first-order valence-corrected chi connectivity index (χ1v) is 40.0. The molecule has 760 valence electrons. The first-order valence-electron chi connectivity index (χ1n) is 40.0. The summed E-state index contributed by atoms with van der Waals surface area (Å²) in [5, 5.41) is 21.5. The molecule has 0 bridgehead atoms. The van der Waals surface area contributed by atoms with Crippen LogP contribution in [0.25, 0.3) is 44.5 Å². The van der Waals surface area contributed by atoms with Crippen molar-refractivity contribution in [2.75, 3.05) is 54.7 Å². The van der Waals surface area contributed by atoms with Gasteiger partial charge in [-0.2, -0.15) is 0 Å². The minimum absolute atomic E-state index is 0.130. The van der Waals surface area contributed by atoms with Crippen molar-refractivity contribution in [3.05, 3.63) is 322 Å². The van der Waals surface area contributed by atoms with E-state index in [1.807, 2.05) is 0 Å². The number of hydrogen-bond donors (Lipinski definition) is 3. The zero-order valence-corrected chi connectivity index (χ0v) is 72.5. The zero-order chi connectivity index (χ0) is 106. The third-order valence-electron chi connectivity index (χ3n) is 19.3. The largest absolute Gasteiger partial charge is 0.631 e. The normalized spacial score (nSPS) is 10.8. The van der Waals surface area contributed by atoms with Crippen LogP contribution in [0.5, 0.6) is 0 Å². The van der Waals surface area contributed by atoms with Gasteiger partial charge < -0.3 is 29.8 Å². The maximum atomic E-state index is 13.6. The number of hydrogen-bond acceptors (Lipinski definition) is 6. The van der Waals surface area contributed by atoms with Gasteiger partial charge in [-0.1, -0.05) is 78.6 Å². The number of aryl methyl sites for hydroxylation is 4. The molecule has 0 heterocycles. The second-order valence-electron chi connectivity index (χ2n) is 29.0. The molecule has 0 aliphatic rings. The number of benzene rings is 11. The minimum atomic E-state index is -2.44. The molecule has 11 aromatic rings. The number of rotatable bonds is 25. The Morgan fingerprint density at radius 2 is 0.353 bits per heavy atom. The summed E-state index contributed by atoms with van der Waals surface area (Å²) in [5.74, 6) is -74.0. The van der Waals surface area contributed by atoms with E-state index in [0.717, 1.165) is 141 Å². The third kappa shape index (κ3) is 29.7. The highest BCUT2D eigenvalue weighted by Crippen LogP contribution is 2.42. The van der Waals surface area contributed by atoms with Crippen molar-refractivity contribution in [2.24, 2.45) is 0 Å². The standard InChI is InChI=1S/4C13H4F8.3C13H18F3N.BH3O3/c4*1-3-2-4(7(15)10(18)6(3)14)5-8(16)11(19)13(21)12(20)9(5)17;3*1-2-3-4-5-8-17(10-14)13-7-6-11(15)9-12(13)16;2-1(3)4/h4*2H,1H3;3*6-7,9H,2-5,8,10H2,1H3;2-4H. The Balaban J connectivity index is 0.000000337. The molecule has 0 atom stereocenters. The van der Waals surface area contributed by atoms with E-state index < -0.39 is 316 Å². The van der Waals surface area contributed by atoms with Crippen molar-refractivity contribution < 1.29 is 195 Å². The predicted molar refractivity (Wildman–Crippen MR) is 429 cm³/mol. The van der Waals surface area contributed by atoms with Crippen LogP contribution in [-0.4, -0.2) is 62.4 Å². The van der Waals surface area contributed by atoms with E-state index in [9.17, 15) is 180 Å². The lowest BCUT2D eigenvalue weighted by Gasteiger charge is -2.21. The number of unbranched alkanes of at least 4 members (excludes halogenated alkanes) is 9. The lowest BCUT2D eigenvalue weighted by atomic mass is 10.00. The topological polar surface area (TPSA) is 70.4 Å². The van der Waals surface area contributed by atoms with Crippen LogP contribution in [0.2, 0.25) is 0 Å². The van der Waals surface area contributed by atoms with Crippen LogP contribution in [0.4, 0.5) is 197 Å². The number of halogens is 41.